The van der Waals surface area contributed by atoms with E-state index in [-0.39, 0.29) is 23.9 Å². The van der Waals surface area contributed by atoms with Crippen LogP contribution < -0.4 is 10.2 Å². The van der Waals surface area contributed by atoms with Crippen molar-refractivity contribution in [2.24, 2.45) is 0 Å². The van der Waals surface area contributed by atoms with Gasteiger partial charge in [0.15, 0.2) is 0 Å². The maximum Gasteiger partial charge on any atom is 0.258 e. The molecule has 25 heavy (non-hydrogen) atoms. The van der Waals surface area contributed by atoms with Gasteiger partial charge in [-0.2, -0.15) is 0 Å². The van der Waals surface area contributed by atoms with Crippen LogP contribution in [0, 0.1) is 6.92 Å². The van der Waals surface area contributed by atoms with Crippen LogP contribution in [0.15, 0.2) is 46.9 Å². The Morgan fingerprint density at radius 1 is 1.16 bits per heavy atom. The summed E-state index contributed by atoms with van der Waals surface area (Å²) in [6, 6.07) is 13.4. The zero-order valence-corrected chi connectivity index (χ0v) is 16.1. The minimum absolute atomic E-state index is 0.0109. The summed E-state index contributed by atoms with van der Waals surface area (Å²) in [5.41, 5.74) is 3.63. The van der Waals surface area contributed by atoms with Crippen molar-refractivity contribution in [3.63, 3.8) is 0 Å². The maximum absolute atomic E-state index is 13.1. The molecule has 2 aromatic rings. The highest BCUT2D eigenvalue weighted by atomic mass is 79.9. The molecule has 2 atom stereocenters. The highest BCUT2D eigenvalue weighted by molar-refractivity contribution is 9.10. The highest BCUT2D eigenvalue weighted by Crippen LogP contribution is 2.38. The van der Waals surface area contributed by atoms with Crippen LogP contribution in [0.3, 0.4) is 0 Å². The summed E-state index contributed by atoms with van der Waals surface area (Å²) in [5, 5.41) is 3.02. The number of amides is 2. The summed E-state index contributed by atoms with van der Waals surface area (Å²) in [6.07, 6.45) is 0.693. The topological polar surface area (TPSA) is 49.4 Å². The monoisotopic (exact) mass is 400 g/mol. The first-order valence-corrected chi connectivity index (χ1v) is 9.13. The molecule has 2 amide bonds. The predicted octanol–water partition coefficient (Wildman–Crippen LogP) is 4.37. The average molecular weight is 401 g/mol. The number of hydrogen-bond acceptors (Lipinski definition) is 2. The first kappa shape index (κ1) is 17.7. The Kier molecular flexibility index (Phi) is 4.95. The van der Waals surface area contributed by atoms with Gasteiger partial charge in [-0.15, -0.1) is 0 Å². The Balaban J connectivity index is 2.03. The van der Waals surface area contributed by atoms with E-state index in [0.717, 1.165) is 21.3 Å². The van der Waals surface area contributed by atoms with E-state index < -0.39 is 0 Å². The summed E-state index contributed by atoms with van der Waals surface area (Å²) >= 11 is 3.40. The number of nitrogens with one attached hydrogen (secondary N) is 1. The molecule has 4 nitrogen and oxygen atoms in total. The quantitative estimate of drug-likeness (QED) is 0.812. The number of aryl methyl sites for hydroxylation is 1. The zero-order valence-electron chi connectivity index (χ0n) is 14.5. The van der Waals surface area contributed by atoms with E-state index in [1.54, 1.807) is 0 Å². The number of rotatable bonds is 2. The minimum Gasteiger partial charge on any atom is -0.349 e. The molecule has 0 bridgehead atoms. The fourth-order valence-corrected chi connectivity index (χ4v) is 3.67. The predicted molar refractivity (Wildman–Crippen MR) is 103 cm³/mol. The average Bonchev–Trinajstić information content (AvgIpc) is 2.55. The van der Waals surface area contributed by atoms with Gasteiger partial charge < -0.3 is 10.2 Å². The van der Waals surface area contributed by atoms with E-state index >= 15 is 0 Å². The Bertz CT molecular complexity index is 817. The van der Waals surface area contributed by atoms with E-state index in [0.29, 0.717) is 12.0 Å². The fraction of sp³-hybridized carbons (Fsp3) is 0.300. The molecule has 0 aliphatic carbocycles. The summed E-state index contributed by atoms with van der Waals surface area (Å²) in [5.74, 6) is -0.0799. The van der Waals surface area contributed by atoms with Crippen molar-refractivity contribution in [1.29, 1.82) is 0 Å². The molecule has 1 heterocycles. The van der Waals surface area contributed by atoms with Crippen LogP contribution in [0.5, 0.6) is 0 Å². The highest BCUT2D eigenvalue weighted by Gasteiger charge is 2.34. The van der Waals surface area contributed by atoms with Gasteiger partial charge in [0.05, 0.1) is 6.04 Å². The van der Waals surface area contributed by atoms with Crippen molar-refractivity contribution < 1.29 is 9.59 Å². The molecule has 0 aromatic heterocycles. The van der Waals surface area contributed by atoms with Crippen molar-refractivity contribution in [2.45, 2.75) is 39.3 Å². The van der Waals surface area contributed by atoms with Crippen LogP contribution in [-0.2, 0) is 4.79 Å². The van der Waals surface area contributed by atoms with Gasteiger partial charge >= 0.3 is 0 Å². The SMILES string of the molecule is CC(=O)NC1CC(C)N(C(=O)c2ccc(Br)cc2)c2ccc(C)cc21. The Morgan fingerprint density at radius 3 is 2.48 bits per heavy atom. The van der Waals surface area contributed by atoms with Crippen molar-refractivity contribution in [3.8, 4) is 0 Å². The molecule has 130 valence electrons. The summed E-state index contributed by atoms with van der Waals surface area (Å²) < 4.78 is 0.942. The number of fused-ring (bicyclic) bond motifs is 1. The van der Waals surface area contributed by atoms with Crippen molar-refractivity contribution in [3.05, 3.63) is 63.6 Å². The third kappa shape index (κ3) is 3.61. The van der Waals surface area contributed by atoms with Gasteiger partial charge in [-0.05, 0) is 56.2 Å². The molecule has 2 aromatic carbocycles. The number of carbonyl (C=O) groups excluding carboxylic acids is 2. The number of nitrogens with zero attached hydrogens (tertiary/aromatic N) is 1. The van der Waals surface area contributed by atoms with Crippen molar-refractivity contribution >= 4 is 33.4 Å². The lowest BCUT2D eigenvalue weighted by molar-refractivity contribution is -0.119. The molecule has 0 saturated carbocycles. The number of hydrogen-bond donors (Lipinski definition) is 1. The molecule has 0 radical (unpaired) electrons. The molecule has 2 unspecified atom stereocenters. The smallest absolute Gasteiger partial charge is 0.258 e. The van der Waals surface area contributed by atoms with Gasteiger partial charge in [0.25, 0.3) is 5.91 Å². The largest absolute Gasteiger partial charge is 0.349 e. The van der Waals surface area contributed by atoms with Gasteiger partial charge in [-0.25, -0.2) is 0 Å². The number of anilines is 1. The number of carbonyl (C=O) groups is 2. The van der Waals surface area contributed by atoms with Crippen LogP contribution in [-0.4, -0.2) is 17.9 Å². The molecule has 3 rings (SSSR count). The van der Waals surface area contributed by atoms with E-state index in [2.05, 4.69) is 27.3 Å². The first-order valence-electron chi connectivity index (χ1n) is 8.33. The second kappa shape index (κ2) is 7.00. The van der Waals surface area contributed by atoms with E-state index in [9.17, 15) is 9.59 Å². The van der Waals surface area contributed by atoms with Crippen LogP contribution in [0.1, 0.15) is 47.8 Å². The van der Waals surface area contributed by atoms with Crippen molar-refractivity contribution in [2.75, 3.05) is 4.90 Å². The van der Waals surface area contributed by atoms with E-state index in [1.807, 2.05) is 55.1 Å². The molecular formula is C20H21BrN2O2. The van der Waals surface area contributed by atoms with E-state index in [4.69, 9.17) is 0 Å². The van der Waals surface area contributed by atoms with E-state index in [1.165, 1.54) is 6.92 Å². The Labute approximate surface area is 156 Å². The third-order valence-electron chi connectivity index (χ3n) is 4.52. The third-order valence-corrected chi connectivity index (χ3v) is 5.05. The van der Waals surface area contributed by atoms with Crippen LogP contribution in [0.4, 0.5) is 5.69 Å². The maximum atomic E-state index is 13.1. The van der Waals surface area contributed by atoms with Gasteiger partial charge in [-0.1, -0.05) is 33.6 Å². The fourth-order valence-electron chi connectivity index (χ4n) is 3.41. The molecular weight excluding hydrogens is 380 g/mol. The Hall–Kier alpha value is -2.14. The number of halogens is 1. The first-order chi connectivity index (χ1) is 11.9. The van der Waals surface area contributed by atoms with Gasteiger partial charge in [0, 0.05) is 28.7 Å². The molecule has 5 heteroatoms. The second-order valence-corrected chi connectivity index (χ2v) is 7.50. The summed E-state index contributed by atoms with van der Waals surface area (Å²) in [7, 11) is 0. The molecule has 1 N–H and O–H groups in total. The second-order valence-electron chi connectivity index (χ2n) is 6.58. The lowest BCUT2D eigenvalue weighted by atomic mass is 9.90. The minimum atomic E-state index is -0.0728. The van der Waals surface area contributed by atoms with Crippen LogP contribution in [0.2, 0.25) is 0 Å². The molecule has 0 spiro atoms. The van der Waals surface area contributed by atoms with Crippen LogP contribution >= 0.6 is 15.9 Å². The lowest BCUT2D eigenvalue weighted by Gasteiger charge is -2.39. The normalized spacial score (nSPS) is 19.3. The number of benzene rings is 2. The summed E-state index contributed by atoms with van der Waals surface area (Å²) in [4.78, 5) is 26.6. The zero-order chi connectivity index (χ0) is 18.1. The van der Waals surface area contributed by atoms with Gasteiger partial charge in [0.1, 0.15) is 0 Å². The lowest BCUT2D eigenvalue weighted by Crippen LogP contribution is -2.46. The summed E-state index contributed by atoms with van der Waals surface area (Å²) in [6.45, 7) is 5.57. The molecule has 0 saturated heterocycles. The molecule has 0 fully saturated rings. The van der Waals surface area contributed by atoms with Gasteiger partial charge in [0.2, 0.25) is 5.91 Å². The molecule has 1 aliphatic rings. The standard InChI is InChI=1S/C20H21BrN2O2/c1-12-4-9-19-17(10-12)18(22-14(3)24)11-13(2)23(19)20(25)15-5-7-16(21)8-6-15/h4-10,13,18H,11H2,1-3H3,(H,22,24). The van der Waals surface area contributed by atoms with Crippen molar-refractivity contribution in [1.82, 2.24) is 5.32 Å². The molecule has 1 aliphatic heterocycles. The van der Waals surface area contributed by atoms with Gasteiger partial charge in [-0.3, -0.25) is 9.59 Å². The van der Waals surface area contributed by atoms with Crippen LogP contribution in [0.25, 0.3) is 0 Å². The Morgan fingerprint density at radius 2 is 1.84 bits per heavy atom.